The number of alkyl halides is 3. The zero-order chi connectivity index (χ0) is 25.5. The van der Waals surface area contributed by atoms with E-state index in [1.807, 2.05) is 22.5 Å². The quantitative estimate of drug-likeness (QED) is 0.640. The summed E-state index contributed by atoms with van der Waals surface area (Å²) in [6.45, 7) is 9.66. The Hall–Kier alpha value is -2.55. The second-order valence-electron chi connectivity index (χ2n) is 10.8. The minimum Gasteiger partial charge on any atom is -0.490 e. The molecule has 1 aromatic heterocycles. The molecular formula is C25H34F3N3O3. The van der Waals surface area contributed by atoms with E-state index in [9.17, 15) is 23.1 Å². The lowest BCUT2D eigenvalue weighted by molar-refractivity contribution is -0.137. The molecule has 0 atom stereocenters. The van der Waals surface area contributed by atoms with Gasteiger partial charge in [0.05, 0.1) is 16.7 Å². The number of carbonyl (C=O) groups is 1. The van der Waals surface area contributed by atoms with Crippen molar-refractivity contribution in [3.63, 3.8) is 0 Å². The summed E-state index contributed by atoms with van der Waals surface area (Å²) in [4.78, 5) is 17.5. The molecule has 0 bridgehead atoms. The van der Waals surface area contributed by atoms with Crippen LogP contribution in [0, 0.1) is 5.92 Å². The first-order chi connectivity index (χ1) is 15.6. The Bertz CT molecular complexity index is 1110. The number of benzene rings is 1. The summed E-state index contributed by atoms with van der Waals surface area (Å²) in [6, 6.07) is 4.54. The van der Waals surface area contributed by atoms with E-state index in [-0.39, 0.29) is 23.3 Å². The van der Waals surface area contributed by atoms with Crippen LogP contribution < -0.4 is 10.2 Å². The monoisotopic (exact) mass is 483 g/mol. The maximum atomic E-state index is 13.4. The number of halogens is 3. The summed E-state index contributed by atoms with van der Waals surface area (Å²) in [7, 11) is 1.91. The number of rotatable bonds is 6. The number of nitrogens with zero attached hydrogens (tertiary/aromatic N) is 3. The van der Waals surface area contributed by atoms with Crippen molar-refractivity contribution in [1.29, 1.82) is 0 Å². The maximum absolute atomic E-state index is 13.4. The molecule has 34 heavy (non-hydrogen) atoms. The topological polar surface area (TPSA) is 68.8 Å². The van der Waals surface area contributed by atoms with Crippen LogP contribution in [0.3, 0.4) is 0 Å². The third-order valence-corrected chi connectivity index (χ3v) is 6.00. The van der Waals surface area contributed by atoms with E-state index in [4.69, 9.17) is 4.74 Å². The molecule has 0 saturated heterocycles. The number of carbonyl (C=O) groups excluding carboxylic acids is 1. The van der Waals surface area contributed by atoms with Crippen LogP contribution in [0.15, 0.2) is 29.3 Å². The number of ether oxygens (including phenoxy) is 1. The largest absolute Gasteiger partial charge is 0.490 e. The first-order valence-electron chi connectivity index (χ1n) is 11.5. The molecule has 1 amide bonds. The van der Waals surface area contributed by atoms with Crippen molar-refractivity contribution < 1.29 is 27.8 Å². The fourth-order valence-electron chi connectivity index (χ4n) is 3.92. The molecule has 1 N–H and O–H groups in total. The molecule has 188 valence electrons. The van der Waals surface area contributed by atoms with Crippen molar-refractivity contribution in [2.24, 2.45) is 18.0 Å². The standard InChI is InChI=1S/C25H34F3N3O3/c1-23(2,3)20-13-21(31(30(20)6)14-16-8-7-9-16)29-22(32)18-12-17(25(26,27)28)10-11-19(18)34-15-24(4,5)33/h10-13,16,33H,7-9,14-15H2,1-6H3/i6+2. The molecule has 1 aliphatic carbocycles. The fourth-order valence-corrected chi connectivity index (χ4v) is 3.92. The number of amides is 1. The van der Waals surface area contributed by atoms with E-state index in [0.717, 1.165) is 36.7 Å². The van der Waals surface area contributed by atoms with Gasteiger partial charge in [0.1, 0.15) is 12.4 Å². The zero-order valence-corrected chi connectivity index (χ0v) is 20.7. The van der Waals surface area contributed by atoms with E-state index in [1.54, 1.807) is 0 Å². The highest BCUT2D eigenvalue weighted by atomic mass is 19.4. The van der Waals surface area contributed by atoms with E-state index >= 15 is 0 Å². The highest BCUT2D eigenvalue weighted by molar-refractivity contribution is 5.97. The van der Waals surface area contributed by atoms with Gasteiger partial charge in [-0.05, 0) is 50.8 Å². The average Bonchev–Trinajstić information content (AvgIpc) is 2.97. The van der Waals surface area contributed by atoms with Gasteiger partial charge in [0.25, 0.3) is 5.91 Å². The lowest BCUT2D eigenvalue weighted by Crippen LogP contribution is -2.31. The van der Waals surface area contributed by atoms with Crippen LogP contribution in [0.5, 0.6) is 5.75 Å². The summed E-state index contributed by atoms with van der Waals surface area (Å²) in [6.07, 6.45) is -1.27. The van der Waals surface area contributed by atoms with E-state index in [1.165, 1.54) is 20.3 Å². The Morgan fingerprint density at radius 3 is 2.32 bits per heavy atom. The number of hydrogen-bond donors (Lipinski definition) is 1. The van der Waals surface area contributed by atoms with Gasteiger partial charge >= 0.3 is 6.18 Å². The van der Waals surface area contributed by atoms with Gasteiger partial charge in [-0.2, -0.15) is 18.2 Å². The number of aromatic nitrogens is 2. The Morgan fingerprint density at radius 1 is 1.18 bits per heavy atom. The molecular weight excluding hydrogens is 449 g/mol. The Kier molecular flexibility index (Phi) is 7.09. The molecule has 0 radical (unpaired) electrons. The fraction of sp³-hybridized carbons (Fsp3) is 0.600. The minimum atomic E-state index is -4.62. The molecule has 1 aliphatic rings. The molecule has 6 nitrogen and oxygen atoms in total. The maximum Gasteiger partial charge on any atom is 0.416 e. The van der Waals surface area contributed by atoms with Crippen LogP contribution in [-0.2, 0) is 25.2 Å². The Balaban J connectivity index is 2.10. The molecule has 1 heterocycles. The SMILES string of the molecule is CC(C)(O)COc1ccc(C(F)(F)F)cc1C(=O)N=c1cc(C(C)(C)C)n([14CH3])n1CC1CCC1. The van der Waals surface area contributed by atoms with Gasteiger partial charge in [0.15, 0.2) is 5.49 Å². The van der Waals surface area contributed by atoms with Crippen molar-refractivity contribution in [1.82, 2.24) is 9.36 Å². The molecule has 1 aromatic carbocycles. The van der Waals surface area contributed by atoms with E-state index in [2.05, 4.69) is 25.8 Å². The van der Waals surface area contributed by atoms with Crippen molar-refractivity contribution >= 4 is 5.91 Å². The summed E-state index contributed by atoms with van der Waals surface area (Å²) in [5, 5.41) is 9.97. The Labute approximate surface area is 198 Å². The number of hydrogen-bond acceptors (Lipinski definition) is 3. The van der Waals surface area contributed by atoms with Gasteiger partial charge in [-0.15, -0.1) is 0 Å². The second-order valence-corrected chi connectivity index (χ2v) is 10.8. The van der Waals surface area contributed by atoms with Gasteiger partial charge in [-0.3, -0.25) is 14.2 Å². The smallest absolute Gasteiger partial charge is 0.416 e. The van der Waals surface area contributed by atoms with Gasteiger partial charge < -0.3 is 9.84 Å². The van der Waals surface area contributed by atoms with E-state index < -0.39 is 23.2 Å². The van der Waals surface area contributed by atoms with Crippen molar-refractivity contribution in [2.45, 2.75) is 77.6 Å². The first kappa shape index (κ1) is 26.1. The summed E-state index contributed by atoms with van der Waals surface area (Å²) >= 11 is 0. The minimum absolute atomic E-state index is 0.0543. The van der Waals surface area contributed by atoms with Crippen molar-refractivity contribution in [2.75, 3.05) is 6.61 Å². The van der Waals surface area contributed by atoms with Crippen molar-refractivity contribution in [3.05, 3.63) is 46.6 Å². The predicted molar refractivity (Wildman–Crippen MR) is 123 cm³/mol. The molecule has 1 fully saturated rings. The second kappa shape index (κ2) is 9.24. The van der Waals surface area contributed by atoms with Crippen LogP contribution in [0.1, 0.15) is 75.5 Å². The van der Waals surface area contributed by atoms with E-state index in [0.29, 0.717) is 18.0 Å². The highest BCUT2D eigenvalue weighted by Crippen LogP contribution is 2.33. The third-order valence-electron chi connectivity index (χ3n) is 6.00. The molecule has 1 saturated carbocycles. The van der Waals surface area contributed by atoms with Gasteiger partial charge in [0.2, 0.25) is 0 Å². The molecule has 0 spiro atoms. The van der Waals surface area contributed by atoms with Crippen LogP contribution in [-0.4, -0.2) is 32.6 Å². The summed E-state index contributed by atoms with van der Waals surface area (Å²) in [5.74, 6) is -0.402. The van der Waals surface area contributed by atoms with Gasteiger partial charge in [-0.1, -0.05) is 27.2 Å². The molecule has 2 aromatic rings. The average molecular weight is 484 g/mol. The zero-order valence-electron chi connectivity index (χ0n) is 20.7. The van der Waals surface area contributed by atoms with Crippen LogP contribution in [0.25, 0.3) is 0 Å². The van der Waals surface area contributed by atoms with Crippen LogP contribution >= 0.6 is 0 Å². The highest BCUT2D eigenvalue weighted by Gasteiger charge is 2.32. The van der Waals surface area contributed by atoms with Gasteiger partial charge in [-0.25, -0.2) is 0 Å². The third kappa shape index (κ3) is 6.11. The molecule has 0 unspecified atom stereocenters. The van der Waals surface area contributed by atoms with Crippen LogP contribution in [0.2, 0.25) is 0 Å². The first-order valence-corrected chi connectivity index (χ1v) is 11.5. The molecule has 0 aliphatic heterocycles. The predicted octanol–water partition coefficient (Wildman–Crippen LogP) is 4.83. The summed E-state index contributed by atoms with van der Waals surface area (Å²) < 4.78 is 49.5. The lowest BCUT2D eigenvalue weighted by Gasteiger charge is -2.27. The molecule has 9 heteroatoms. The van der Waals surface area contributed by atoms with Gasteiger partial charge in [0, 0.05) is 30.8 Å². The normalized spacial score (nSPS) is 16.0. The Morgan fingerprint density at radius 2 is 1.82 bits per heavy atom. The molecule has 3 rings (SSSR count). The summed E-state index contributed by atoms with van der Waals surface area (Å²) in [5.41, 5.74) is -1.35. The number of aliphatic hydroxyl groups is 1. The lowest BCUT2D eigenvalue weighted by atomic mass is 9.85. The van der Waals surface area contributed by atoms with Crippen LogP contribution in [0.4, 0.5) is 13.2 Å². The van der Waals surface area contributed by atoms with Crippen molar-refractivity contribution in [3.8, 4) is 5.75 Å².